The van der Waals surface area contributed by atoms with E-state index in [1.807, 2.05) is 0 Å². The number of fused-ring (bicyclic) bond motifs is 3. The maximum atomic E-state index is 12.0. The van der Waals surface area contributed by atoms with Crippen LogP contribution in [0, 0.1) is 5.41 Å². The molecule has 0 saturated carbocycles. The predicted octanol–water partition coefficient (Wildman–Crippen LogP) is 0.555. The maximum absolute atomic E-state index is 12.0. The number of aliphatic hydroxyl groups is 1. The lowest BCUT2D eigenvalue weighted by Gasteiger charge is -2.37. The van der Waals surface area contributed by atoms with Gasteiger partial charge in [-0.25, -0.2) is 4.98 Å². The Bertz CT molecular complexity index is 875. The molecule has 0 amide bonds. The van der Waals surface area contributed by atoms with Crippen molar-refractivity contribution in [1.29, 1.82) is 0 Å². The van der Waals surface area contributed by atoms with E-state index in [9.17, 15) is 9.90 Å². The summed E-state index contributed by atoms with van der Waals surface area (Å²) >= 11 is 0. The Hall–Kier alpha value is -1.97. The second-order valence-electron chi connectivity index (χ2n) is 7.76. The Labute approximate surface area is 144 Å². The van der Waals surface area contributed by atoms with Gasteiger partial charge in [-0.2, -0.15) is 4.98 Å². The number of nitrogens with zero attached hydrogens (tertiary/aromatic N) is 3. The van der Waals surface area contributed by atoms with E-state index in [2.05, 4.69) is 35.7 Å². The van der Waals surface area contributed by atoms with Gasteiger partial charge in [0.2, 0.25) is 5.95 Å². The summed E-state index contributed by atoms with van der Waals surface area (Å²) in [5.41, 5.74) is 4.98. The van der Waals surface area contributed by atoms with Crippen molar-refractivity contribution in [3.05, 3.63) is 16.7 Å². The standard InChI is InChI=1S/C16H23N5O4/c1-4-15(2,3)5-16-6-24-9(10(16)22)13(25-16)21-7-18-8-11(21)19-14(17)20-12(8)23/h7,9-10,13,22H,4-6H2,1-3H3,(H3,17,19,20,23)/t9?,10?,13?,16-/m1/s1. The summed E-state index contributed by atoms with van der Waals surface area (Å²) in [7, 11) is 0. The van der Waals surface area contributed by atoms with Crippen LogP contribution in [-0.2, 0) is 9.47 Å². The van der Waals surface area contributed by atoms with Crippen molar-refractivity contribution in [1.82, 2.24) is 19.5 Å². The lowest BCUT2D eigenvalue weighted by Crippen LogP contribution is -2.44. The van der Waals surface area contributed by atoms with E-state index in [1.54, 1.807) is 4.57 Å². The molecule has 2 fully saturated rings. The summed E-state index contributed by atoms with van der Waals surface area (Å²) in [5, 5.41) is 10.8. The Kier molecular flexibility index (Phi) is 3.47. The van der Waals surface area contributed by atoms with E-state index >= 15 is 0 Å². The number of ether oxygens (including phenoxy) is 2. The summed E-state index contributed by atoms with van der Waals surface area (Å²) < 4.78 is 13.7. The van der Waals surface area contributed by atoms with Crippen LogP contribution in [0.3, 0.4) is 0 Å². The van der Waals surface area contributed by atoms with Gasteiger partial charge in [0, 0.05) is 0 Å². The van der Waals surface area contributed by atoms with Crippen molar-refractivity contribution in [2.75, 3.05) is 12.3 Å². The Morgan fingerprint density at radius 3 is 3.04 bits per heavy atom. The van der Waals surface area contributed by atoms with Gasteiger partial charge < -0.3 is 20.3 Å². The van der Waals surface area contributed by atoms with E-state index < -0.39 is 29.6 Å². The maximum Gasteiger partial charge on any atom is 0.280 e. The smallest absolute Gasteiger partial charge is 0.280 e. The van der Waals surface area contributed by atoms with Gasteiger partial charge in [-0.3, -0.25) is 14.3 Å². The van der Waals surface area contributed by atoms with Crippen molar-refractivity contribution in [3.8, 4) is 0 Å². The molecular weight excluding hydrogens is 326 g/mol. The molecule has 2 aromatic rings. The van der Waals surface area contributed by atoms with E-state index in [1.165, 1.54) is 6.33 Å². The topological polar surface area (TPSA) is 128 Å². The van der Waals surface area contributed by atoms with Gasteiger partial charge in [-0.05, 0) is 11.8 Å². The number of imidazole rings is 1. The van der Waals surface area contributed by atoms with Crippen molar-refractivity contribution >= 4 is 17.1 Å². The first-order valence-corrected chi connectivity index (χ1v) is 8.46. The van der Waals surface area contributed by atoms with Gasteiger partial charge in [0.25, 0.3) is 5.56 Å². The second-order valence-corrected chi connectivity index (χ2v) is 7.76. The molecule has 3 unspecified atom stereocenters. The molecule has 0 aromatic carbocycles. The molecule has 0 aliphatic carbocycles. The number of hydrogen-bond donors (Lipinski definition) is 3. The molecule has 136 valence electrons. The molecule has 2 aliphatic rings. The molecule has 2 aliphatic heterocycles. The SMILES string of the molecule is CCC(C)(C)C[C@]12COC(C(n3cnc4c(=O)[nH]c(N)nc43)O1)C2O. The Balaban J connectivity index is 1.73. The van der Waals surface area contributed by atoms with Gasteiger partial charge in [0.1, 0.15) is 17.8 Å². The monoisotopic (exact) mass is 349 g/mol. The predicted molar refractivity (Wildman–Crippen MR) is 89.8 cm³/mol. The molecule has 2 aromatic heterocycles. The number of aromatic amines is 1. The average molecular weight is 349 g/mol. The Morgan fingerprint density at radius 1 is 1.56 bits per heavy atom. The number of anilines is 1. The van der Waals surface area contributed by atoms with Crippen molar-refractivity contribution in [3.63, 3.8) is 0 Å². The van der Waals surface area contributed by atoms with Crippen LogP contribution in [0.25, 0.3) is 11.2 Å². The zero-order chi connectivity index (χ0) is 18.0. The van der Waals surface area contributed by atoms with E-state index in [4.69, 9.17) is 15.2 Å². The van der Waals surface area contributed by atoms with Gasteiger partial charge in [0.15, 0.2) is 17.4 Å². The quantitative estimate of drug-likeness (QED) is 0.735. The third-order valence-electron chi connectivity index (χ3n) is 5.47. The zero-order valence-corrected chi connectivity index (χ0v) is 14.5. The van der Waals surface area contributed by atoms with Gasteiger partial charge in [0.05, 0.1) is 12.9 Å². The van der Waals surface area contributed by atoms with Crippen LogP contribution in [0.4, 0.5) is 5.95 Å². The highest BCUT2D eigenvalue weighted by atomic mass is 16.6. The van der Waals surface area contributed by atoms with Crippen LogP contribution in [0.1, 0.15) is 39.8 Å². The molecule has 9 nitrogen and oxygen atoms in total. The minimum atomic E-state index is -0.766. The normalized spacial score (nSPS) is 31.9. The van der Waals surface area contributed by atoms with Crippen LogP contribution >= 0.6 is 0 Å². The highest BCUT2D eigenvalue weighted by Crippen LogP contribution is 2.50. The first-order valence-electron chi connectivity index (χ1n) is 8.46. The van der Waals surface area contributed by atoms with Gasteiger partial charge in [-0.1, -0.05) is 27.2 Å². The molecule has 25 heavy (non-hydrogen) atoms. The van der Waals surface area contributed by atoms with Crippen molar-refractivity contribution in [2.24, 2.45) is 5.41 Å². The minimum Gasteiger partial charge on any atom is -0.387 e. The van der Waals surface area contributed by atoms with E-state index in [-0.39, 0.29) is 16.9 Å². The zero-order valence-electron chi connectivity index (χ0n) is 14.5. The summed E-state index contributed by atoms with van der Waals surface area (Å²) in [5.74, 6) is 0.00528. The van der Waals surface area contributed by atoms with Gasteiger partial charge >= 0.3 is 0 Å². The lowest BCUT2D eigenvalue weighted by molar-refractivity contribution is -0.183. The number of hydrogen-bond acceptors (Lipinski definition) is 7. The fraction of sp³-hybridized carbons (Fsp3) is 0.688. The van der Waals surface area contributed by atoms with Crippen LogP contribution in [0.15, 0.2) is 11.1 Å². The first kappa shape index (κ1) is 16.5. The number of aliphatic hydroxyl groups excluding tert-OH is 1. The third-order valence-corrected chi connectivity index (χ3v) is 5.47. The highest BCUT2D eigenvalue weighted by molar-refractivity contribution is 5.70. The molecule has 4 heterocycles. The fourth-order valence-corrected chi connectivity index (χ4v) is 3.84. The van der Waals surface area contributed by atoms with Crippen LogP contribution in [0.2, 0.25) is 0 Å². The first-order chi connectivity index (χ1) is 11.8. The number of aromatic nitrogens is 4. The van der Waals surface area contributed by atoms with E-state index in [0.717, 1.165) is 6.42 Å². The van der Waals surface area contributed by atoms with E-state index in [0.29, 0.717) is 18.7 Å². The minimum absolute atomic E-state index is 0.00491. The molecular formula is C16H23N5O4. The number of nitrogen functional groups attached to an aromatic ring is 1. The molecule has 9 heteroatoms. The average Bonchev–Trinajstić information content (AvgIpc) is 3.16. The number of H-pyrrole nitrogens is 1. The second kappa shape index (κ2) is 5.26. The summed E-state index contributed by atoms with van der Waals surface area (Å²) in [6.07, 6.45) is 1.23. The largest absolute Gasteiger partial charge is 0.387 e. The molecule has 2 bridgehead atoms. The molecule has 0 radical (unpaired) electrons. The van der Waals surface area contributed by atoms with Crippen LogP contribution in [0.5, 0.6) is 0 Å². The lowest BCUT2D eigenvalue weighted by atomic mass is 9.77. The summed E-state index contributed by atoms with van der Waals surface area (Å²) in [6, 6.07) is 0. The Morgan fingerprint density at radius 2 is 2.32 bits per heavy atom. The molecule has 4 N–H and O–H groups in total. The molecule has 4 rings (SSSR count). The fourth-order valence-electron chi connectivity index (χ4n) is 3.84. The number of nitrogens with one attached hydrogen (secondary N) is 1. The number of nitrogens with two attached hydrogens (primary N) is 1. The van der Waals surface area contributed by atoms with Crippen molar-refractivity contribution in [2.45, 2.75) is 57.6 Å². The van der Waals surface area contributed by atoms with Crippen molar-refractivity contribution < 1.29 is 14.6 Å². The molecule has 0 spiro atoms. The van der Waals surface area contributed by atoms with Crippen LogP contribution < -0.4 is 11.3 Å². The summed E-state index contributed by atoms with van der Waals surface area (Å²) in [6.45, 7) is 6.76. The number of rotatable bonds is 4. The summed E-state index contributed by atoms with van der Waals surface area (Å²) in [4.78, 5) is 22.7. The van der Waals surface area contributed by atoms with Gasteiger partial charge in [-0.15, -0.1) is 0 Å². The molecule has 2 saturated heterocycles. The highest BCUT2D eigenvalue weighted by Gasteiger charge is 2.62. The van der Waals surface area contributed by atoms with Crippen LogP contribution in [-0.4, -0.2) is 49.0 Å². The third kappa shape index (κ3) is 2.37. The molecule has 4 atom stereocenters.